The normalized spacial score (nSPS) is 10.9. The number of aromatic nitrogens is 2. The van der Waals surface area contributed by atoms with Crippen molar-refractivity contribution in [3.05, 3.63) is 52.3 Å². The molecule has 0 spiro atoms. The number of H-pyrrole nitrogens is 1. The van der Waals surface area contributed by atoms with E-state index < -0.39 is 0 Å². The smallest absolute Gasteiger partial charge is 0.182 e. The highest BCUT2D eigenvalue weighted by molar-refractivity contribution is 7.71. The van der Waals surface area contributed by atoms with E-state index in [1.165, 1.54) is 0 Å². The molecule has 20 heavy (non-hydrogen) atoms. The Balaban J connectivity index is 2.19. The summed E-state index contributed by atoms with van der Waals surface area (Å²) in [5.74, 6) is 0. The molecule has 0 saturated carbocycles. The molecule has 0 bridgehead atoms. The van der Waals surface area contributed by atoms with Gasteiger partial charge in [0.25, 0.3) is 0 Å². The lowest BCUT2D eigenvalue weighted by Gasteiger charge is -2.13. The van der Waals surface area contributed by atoms with Gasteiger partial charge in [-0.25, -0.2) is 0 Å². The van der Waals surface area contributed by atoms with Crippen LogP contribution in [-0.4, -0.2) is 23.6 Å². The molecule has 3 rings (SSSR count). The van der Waals surface area contributed by atoms with Gasteiger partial charge in [0.05, 0.1) is 11.0 Å². The standard InChI is InChI=1S/C15H14ClN3S/c1-18(2)11-4-6-12(7-5-11)19-14-8-3-10(16)9-13(14)17-15(19)20/h3-9H,1-2H3,(H,17,20). The van der Waals surface area contributed by atoms with E-state index in [4.69, 9.17) is 23.8 Å². The predicted octanol–water partition coefficient (Wildman–Crippen LogP) is 4.41. The first-order valence-electron chi connectivity index (χ1n) is 6.24. The number of rotatable bonds is 2. The molecule has 2 aromatic carbocycles. The van der Waals surface area contributed by atoms with Crippen LogP contribution in [0.3, 0.4) is 0 Å². The molecule has 0 radical (unpaired) electrons. The number of benzene rings is 2. The van der Waals surface area contributed by atoms with Crippen molar-refractivity contribution >= 4 is 40.5 Å². The predicted molar refractivity (Wildman–Crippen MR) is 87.8 cm³/mol. The summed E-state index contributed by atoms with van der Waals surface area (Å²) in [6, 6.07) is 14.0. The third kappa shape index (κ3) is 2.21. The number of halogens is 1. The molecule has 3 aromatic rings. The molecule has 0 amide bonds. The van der Waals surface area contributed by atoms with Gasteiger partial charge in [0, 0.05) is 30.5 Å². The average molecular weight is 304 g/mol. The fraction of sp³-hybridized carbons (Fsp3) is 0.133. The van der Waals surface area contributed by atoms with Crippen molar-refractivity contribution in [3.63, 3.8) is 0 Å². The van der Waals surface area contributed by atoms with Crippen molar-refractivity contribution in [2.24, 2.45) is 0 Å². The summed E-state index contributed by atoms with van der Waals surface area (Å²) in [5.41, 5.74) is 4.16. The fourth-order valence-corrected chi connectivity index (χ4v) is 2.73. The minimum Gasteiger partial charge on any atom is -0.378 e. The van der Waals surface area contributed by atoms with Crippen LogP contribution >= 0.6 is 23.8 Å². The first-order chi connectivity index (χ1) is 9.56. The van der Waals surface area contributed by atoms with Gasteiger partial charge < -0.3 is 9.88 Å². The van der Waals surface area contributed by atoms with Crippen LogP contribution in [0.25, 0.3) is 16.7 Å². The third-order valence-electron chi connectivity index (χ3n) is 3.27. The third-order valence-corrected chi connectivity index (χ3v) is 3.79. The van der Waals surface area contributed by atoms with Gasteiger partial charge in [0.1, 0.15) is 0 Å². The number of hydrogen-bond donors (Lipinski definition) is 1. The van der Waals surface area contributed by atoms with E-state index >= 15 is 0 Å². The van der Waals surface area contributed by atoms with Crippen LogP contribution in [-0.2, 0) is 0 Å². The number of fused-ring (bicyclic) bond motifs is 1. The lowest BCUT2D eigenvalue weighted by molar-refractivity contribution is 1.06. The molecule has 5 heteroatoms. The molecule has 0 aliphatic heterocycles. The Bertz CT molecular complexity index is 815. The summed E-state index contributed by atoms with van der Waals surface area (Å²) in [6.07, 6.45) is 0. The number of hydrogen-bond acceptors (Lipinski definition) is 2. The van der Waals surface area contributed by atoms with E-state index in [1.54, 1.807) is 0 Å². The monoisotopic (exact) mass is 303 g/mol. The van der Waals surface area contributed by atoms with E-state index in [1.807, 2.05) is 36.9 Å². The largest absolute Gasteiger partial charge is 0.378 e. The van der Waals surface area contributed by atoms with Gasteiger partial charge in [-0.2, -0.15) is 0 Å². The molecule has 3 nitrogen and oxygen atoms in total. The molecular formula is C15H14ClN3S. The summed E-state index contributed by atoms with van der Waals surface area (Å²) < 4.78 is 2.68. The second-order valence-corrected chi connectivity index (χ2v) is 5.66. The second-order valence-electron chi connectivity index (χ2n) is 4.84. The fourth-order valence-electron chi connectivity index (χ4n) is 2.24. The highest BCUT2D eigenvalue weighted by Gasteiger charge is 2.07. The molecule has 0 aliphatic carbocycles. The topological polar surface area (TPSA) is 24.0 Å². The van der Waals surface area contributed by atoms with Crippen LogP contribution < -0.4 is 4.90 Å². The van der Waals surface area contributed by atoms with E-state index in [0.29, 0.717) is 9.79 Å². The molecule has 0 unspecified atom stereocenters. The van der Waals surface area contributed by atoms with E-state index in [-0.39, 0.29) is 0 Å². The molecule has 1 N–H and O–H groups in total. The number of aromatic amines is 1. The quantitative estimate of drug-likeness (QED) is 0.709. The number of imidazole rings is 1. The Morgan fingerprint density at radius 1 is 1.10 bits per heavy atom. The van der Waals surface area contributed by atoms with Crippen molar-refractivity contribution in [1.29, 1.82) is 0 Å². The van der Waals surface area contributed by atoms with E-state index in [2.05, 4.69) is 34.1 Å². The first kappa shape index (κ1) is 13.2. The second kappa shape index (κ2) is 4.96. The maximum absolute atomic E-state index is 6.01. The van der Waals surface area contributed by atoms with E-state index in [0.717, 1.165) is 22.4 Å². The highest BCUT2D eigenvalue weighted by Crippen LogP contribution is 2.23. The lowest BCUT2D eigenvalue weighted by Crippen LogP contribution is -2.08. The molecule has 0 aliphatic rings. The molecule has 0 atom stereocenters. The van der Waals surface area contributed by atoms with Crippen molar-refractivity contribution in [2.45, 2.75) is 0 Å². The van der Waals surface area contributed by atoms with Gasteiger partial charge in [0.2, 0.25) is 0 Å². The van der Waals surface area contributed by atoms with Crippen LogP contribution in [0.1, 0.15) is 0 Å². The average Bonchev–Trinajstić information content (AvgIpc) is 2.73. The highest BCUT2D eigenvalue weighted by atomic mass is 35.5. The maximum atomic E-state index is 6.01. The molecule has 1 aromatic heterocycles. The number of nitrogens with zero attached hydrogens (tertiary/aromatic N) is 2. The Morgan fingerprint density at radius 3 is 2.45 bits per heavy atom. The molecule has 102 valence electrons. The van der Waals surface area contributed by atoms with Crippen LogP contribution in [0.4, 0.5) is 5.69 Å². The zero-order chi connectivity index (χ0) is 14.3. The van der Waals surface area contributed by atoms with Gasteiger partial charge in [-0.1, -0.05) is 11.6 Å². The van der Waals surface area contributed by atoms with Gasteiger partial charge in [0.15, 0.2) is 4.77 Å². The Labute approximate surface area is 127 Å². The zero-order valence-electron chi connectivity index (χ0n) is 11.2. The van der Waals surface area contributed by atoms with Gasteiger partial charge in [-0.3, -0.25) is 4.57 Å². The summed E-state index contributed by atoms with van der Waals surface area (Å²) >= 11 is 11.4. The van der Waals surface area contributed by atoms with Crippen molar-refractivity contribution in [2.75, 3.05) is 19.0 Å². The Kier molecular flexibility index (Phi) is 3.28. The van der Waals surface area contributed by atoms with Gasteiger partial charge in [-0.15, -0.1) is 0 Å². The van der Waals surface area contributed by atoms with Crippen molar-refractivity contribution < 1.29 is 0 Å². The van der Waals surface area contributed by atoms with Gasteiger partial charge >= 0.3 is 0 Å². The first-order valence-corrected chi connectivity index (χ1v) is 7.03. The number of nitrogens with one attached hydrogen (secondary N) is 1. The minimum atomic E-state index is 0.667. The maximum Gasteiger partial charge on any atom is 0.182 e. The molecular weight excluding hydrogens is 290 g/mol. The SMILES string of the molecule is CN(C)c1ccc(-n2c(=S)[nH]c3cc(Cl)ccc32)cc1. The van der Waals surface area contributed by atoms with E-state index in [9.17, 15) is 0 Å². The van der Waals surface area contributed by atoms with Crippen LogP contribution in [0, 0.1) is 4.77 Å². The van der Waals surface area contributed by atoms with Crippen LogP contribution in [0.15, 0.2) is 42.5 Å². The molecule has 0 saturated heterocycles. The lowest BCUT2D eigenvalue weighted by atomic mass is 10.2. The minimum absolute atomic E-state index is 0.667. The van der Waals surface area contributed by atoms with Crippen molar-refractivity contribution in [3.8, 4) is 5.69 Å². The molecule has 1 heterocycles. The summed E-state index contributed by atoms with van der Waals surface area (Å²) in [6.45, 7) is 0. The summed E-state index contributed by atoms with van der Waals surface area (Å²) in [4.78, 5) is 5.25. The molecule has 0 fully saturated rings. The Morgan fingerprint density at radius 2 is 1.80 bits per heavy atom. The number of anilines is 1. The Hall–Kier alpha value is -1.78. The van der Waals surface area contributed by atoms with Crippen LogP contribution in [0.5, 0.6) is 0 Å². The zero-order valence-corrected chi connectivity index (χ0v) is 12.8. The van der Waals surface area contributed by atoms with Crippen LogP contribution in [0.2, 0.25) is 5.02 Å². The van der Waals surface area contributed by atoms with Gasteiger partial charge in [-0.05, 0) is 54.7 Å². The summed E-state index contributed by atoms with van der Waals surface area (Å²) in [7, 11) is 4.04. The van der Waals surface area contributed by atoms with Crippen molar-refractivity contribution in [1.82, 2.24) is 9.55 Å². The summed E-state index contributed by atoms with van der Waals surface area (Å²) in [5, 5.41) is 0.698.